The Hall–Kier alpha value is -1.12. The molecule has 1 aliphatic heterocycles. The van der Waals surface area contributed by atoms with E-state index in [2.05, 4.69) is 24.1 Å². The molecule has 3 heteroatoms. The Morgan fingerprint density at radius 2 is 1.95 bits per heavy atom. The molecule has 1 aliphatic rings. The van der Waals surface area contributed by atoms with Gasteiger partial charge in [0.15, 0.2) is 0 Å². The van der Waals surface area contributed by atoms with Gasteiger partial charge in [-0.3, -0.25) is 0 Å². The largest absolute Gasteiger partial charge is 0.490 e. The molecular weight excluding hydrogens is 323 g/mol. The maximum atomic E-state index is 5.47. The molecule has 2 rings (SSSR count). The molecule has 0 atom stereocenters. The Labute approximate surface area is 146 Å². The fraction of sp³-hybridized carbons (Fsp3) is 0.176. The van der Waals surface area contributed by atoms with E-state index in [-0.39, 0.29) is 32.7 Å². The second kappa shape index (κ2) is 7.61. The fourth-order valence-corrected chi connectivity index (χ4v) is 1.90. The number of hydrogen-bond donors (Lipinski definition) is 0. The van der Waals surface area contributed by atoms with Gasteiger partial charge < -0.3 is 9.64 Å². The van der Waals surface area contributed by atoms with Gasteiger partial charge in [-0.25, -0.2) is 0 Å². The second-order valence-corrected chi connectivity index (χ2v) is 4.45. The van der Waals surface area contributed by atoms with Crippen molar-refractivity contribution in [1.29, 1.82) is 0 Å². The molecule has 0 N–H and O–H groups in total. The average Bonchev–Trinajstić information content (AvgIpc) is 2.44. The molecule has 0 saturated carbocycles. The first-order valence-corrected chi connectivity index (χ1v) is 6.21. The molecule has 2 nitrogen and oxygen atoms in total. The Kier molecular flexibility index (Phi) is 6.44. The van der Waals surface area contributed by atoms with Crippen molar-refractivity contribution in [3.05, 3.63) is 72.5 Å². The predicted molar refractivity (Wildman–Crippen MR) is 79.4 cm³/mol. The van der Waals surface area contributed by atoms with E-state index in [4.69, 9.17) is 4.74 Å². The van der Waals surface area contributed by atoms with E-state index in [1.54, 1.807) is 6.08 Å². The summed E-state index contributed by atoms with van der Waals surface area (Å²) in [7, 11) is 2.00. The molecule has 0 amide bonds. The maximum absolute atomic E-state index is 5.47. The summed E-state index contributed by atoms with van der Waals surface area (Å²) in [5.74, 6) is 0.841. The van der Waals surface area contributed by atoms with Gasteiger partial charge in [0, 0.05) is 39.8 Å². The summed E-state index contributed by atoms with van der Waals surface area (Å²) < 4.78 is 5.47. The van der Waals surface area contributed by atoms with Crippen LogP contribution in [0.4, 0.5) is 0 Å². The SMILES string of the molecule is C=CCOc1ccc(C2=[C-]C=C(C)C(=C)N2C)cc1.[Y]. The van der Waals surface area contributed by atoms with Crippen LogP contribution in [0.15, 0.2) is 60.8 Å². The summed E-state index contributed by atoms with van der Waals surface area (Å²) >= 11 is 0. The summed E-state index contributed by atoms with van der Waals surface area (Å²) in [4.78, 5) is 2.05. The zero-order valence-corrected chi connectivity index (χ0v) is 14.9. The van der Waals surface area contributed by atoms with Crippen LogP contribution in [-0.2, 0) is 32.7 Å². The van der Waals surface area contributed by atoms with E-state index in [9.17, 15) is 0 Å². The van der Waals surface area contributed by atoms with Gasteiger partial charge in [0.25, 0.3) is 0 Å². The first-order chi connectivity index (χ1) is 9.13. The molecule has 0 bridgehead atoms. The number of ether oxygens (including phenoxy) is 1. The molecule has 0 aliphatic carbocycles. The van der Waals surface area contributed by atoms with Gasteiger partial charge in [-0.2, -0.15) is 12.2 Å². The van der Waals surface area contributed by atoms with Gasteiger partial charge in [-0.05, 0) is 17.8 Å². The Balaban J connectivity index is 0.00000200. The number of hydrogen-bond acceptors (Lipinski definition) is 2. The van der Waals surface area contributed by atoms with Crippen LogP contribution in [0, 0.1) is 6.08 Å². The molecule has 1 aromatic carbocycles. The van der Waals surface area contributed by atoms with Crippen LogP contribution in [0.5, 0.6) is 5.75 Å². The minimum Gasteiger partial charge on any atom is -0.490 e. The number of rotatable bonds is 4. The number of nitrogens with zero attached hydrogens (tertiary/aromatic N) is 1. The zero-order chi connectivity index (χ0) is 13.8. The van der Waals surface area contributed by atoms with Gasteiger partial charge in [0.05, 0.1) is 0 Å². The predicted octanol–water partition coefficient (Wildman–Crippen LogP) is 3.80. The van der Waals surface area contributed by atoms with E-state index in [0.29, 0.717) is 6.61 Å². The van der Waals surface area contributed by atoms with Crippen molar-refractivity contribution in [1.82, 2.24) is 4.90 Å². The number of likely N-dealkylation sites (N-methyl/N-ethyl adjacent to an activating group) is 1. The van der Waals surface area contributed by atoms with Gasteiger partial charge in [-0.15, -0.1) is 17.7 Å². The smallest absolute Gasteiger partial charge is 0.117 e. The van der Waals surface area contributed by atoms with Gasteiger partial charge >= 0.3 is 0 Å². The van der Waals surface area contributed by atoms with Crippen molar-refractivity contribution in [2.75, 3.05) is 13.7 Å². The Morgan fingerprint density at radius 1 is 1.30 bits per heavy atom. The van der Waals surface area contributed by atoms with E-state index < -0.39 is 0 Å². The molecule has 0 saturated heterocycles. The summed E-state index contributed by atoms with van der Waals surface area (Å²) in [5.41, 5.74) is 4.25. The van der Waals surface area contributed by atoms with Crippen LogP contribution < -0.4 is 4.74 Å². The van der Waals surface area contributed by atoms with Crippen molar-refractivity contribution in [2.24, 2.45) is 0 Å². The van der Waals surface area contributed by atoms with Crippen molar-refractivity contribution in [3.8, 4) is 5.75 Å². The normalized spacial score (nSPS) is 14.1. The zero-order valence-electron chi connectivity index (χ0n) is 12.0. The van der Waals surface area contributed by atoms with E-state index in [1.807, 2.05) is 44.3 Å². The molecular formula is C17H18NOY-. The van der Waals surface area contributed by atoms with Crippen LogP contribution in [0.3, 0.4) is 0 Å². The first kappa shape index (κ1) is 16.9. The van der Waals surface area contributed by atoms with Crippen LogP contribution in [0.25, 0.3) is 5.70 Å². The Bertz CT molecular complexity index is 555. The molecule has 1 radical (unpaired) electrons. The fourth-order valence-electron chi connectivity index (χ4n) is 1.90. The molecule has 1 aromatic rings. The van der Waals surface area contributed by atoms with E-state index >= 15 is 0 Å². The third kappa shape index (κ3) is 3.71. The summed E-state index contributed by atoms with van der Waals surface area (Å²) in [6, 6.07) is 7.96. The molecule has 0 fully saturated rings. The minimum absolute atomic E-state index is 0. The number of benzene rings is 1. The summed E-state index contributed by atoms with van der Waals surface area (Å²) in [6.45, 7) is 10.3. The van der Waals surface area contributed by atoms with Crippen molar-refractivity contribution >= 4 is 5.70 Å². The van der Waals surface area contributed by atoms with Gasteiger partial charge in [0.2, 0.25) is 0 Å². The van der Waals surface area contributed by atoms with Gasteiger partial charge in [0.1, 0.15) is 12.4 Å². The van der Waals surface area contributed by atoms with Crippen LogP contribution >= 0.6 is 0 Å². The topological polar surface area (TPSA) is 12.5 Å². The first-order valence-electron chi connectivity index (χ1n) is 6.21. The van der Waals surface area contributed by atoms with Crippen molar-refractivity contribution in [2.45, 2.75) is 6.92 Å². The van der Waals surface area contributed by atoms with Crippen molar-refractivity contribution < 1.29 is 37.4 Å². The third-order valence-corrected chi connectivity index (χ3v) is 3.12. The van der Waals surface area contributed by atoms with Crippen LogP contribution in [0.1, 0.15) is 12.5 Å². The number of allylic oxidation sites excluding steroid dienone is 3. The second-order valence-electron chi connectivity index (χ2n) is 4.45. The third-order valence-electron chi connectivity index (χ3n) is 3.12. The summed E-state index contributed by atoms with van der Waals surface area (Å²) in [6.07, 6.45) is 7.00. The minimum atomic E-state index is 0. The molecule has 20 heavy (non-hydrogen) atoms. The molecule has 0 unspecified atom stereocenters. The van der Waals surface area contributed by atoms with Crippen LogP contribution in [0.2, 0.25) is 0 Å². The Morgan fingerprint density at radius 3 is 2.55 bits per heavy atom. The van der Waals surface area contributed by atoms with E-state index in [1.165, 1.54) is 0 Å². The standard InChI is InChI=1S/C17H18NO.Y/c1-5-12-19-16-9-7-15(8-10-16)17-11-6-13(2)14(3)18(17)4;/h5-10H,1,3,12H2,2,4H3;/q-1;. The van der Waals surface area contributed by atoms with Crippen molar-refractivity contribution in [3.63, 3.8) is 0 Å². The molecule has 0 spiro atoms. The summed E-state index contributed by atoms with van der Waals surface area (Å²) in [5, 5.41) is 0. The molecule has 1 heterocycles. The monoisotopic (exact) mass is 341 g/mol. The average molecular weight is 341 g/mol. The van der Waals surface area contributed by atoms with Gasteiger partial charge in [-0.1, -0.05) is 37.4 Å². The quantitative estimate of drug-likeness (QED) is 0.610. The molecule has 0 aromatic heterocycles. The van der Waals surface area contributed by atoms with E-state index in [0.717, 1.165) is 28.3 Å². The van der Waals surface area contributed by atoms with Crippen LogP contribution in [-0.4, -0.2) is 18.6 Å². The maximum Gasteiger partial charge on any atom is 0.117 e. The molecule has 101 valence electrons.